The first-order valence-corrected chi connectivity index (χ1v) is 7.26. The third-order valence-electron chi connectivity index (χ3n) is 4.59. The predicted octanol–water partition coefficient (Wildman–Crippen LogP) is 1.83. The van der Waals surface area contributed by atoms with E-state index in [0.29, 0.717) is 17.0 Å². The topological polar surface area (TPSA) is 58.8 Å². The van der Waals surface area contributed by atoms with Crippen molar-refractivity contribution in [1.82, 2.24) is 9.80 Å². The maximum Gasteiger partial charge on any atom is 0.257 e. The zero-order chi connectivity index (χ0) is 15.6. The van der Waals surface area contributed by atoms with Crippen LogP contribution < -0.4 is 10.5 Å². The molecule has 1 aromatic carbocycles. The molecule has 2 N–H and O–H groups in total. The second-order valence-corrected chi connectivity index (χ2v) is 6.06. The highest BCUT2D eigenvalue weighted by Gasteiger charge is 2.41. The summed E-state index contributed by atoms with van der Waals surface area (Å²) in [5.74, 6) is 0.411. The summed E-state index contributed by atoms with van der Waals surface area (Å²) >= 11 is 0. The van der Waals surface area contributed by atoms with E-state index in [1.807, 2.05) is 7.05 Å². The van der Waals surface area contributed by atoms with Gasteiger partial charge in [-0.05, 0) is 45.5 Å². The first-order valence-electron chi connectivity index (χ1n) is 7.26. The van der Waals surface area contributed by atoms with Crippen LogP contribution in [0.2, 0.25) is 0 Å². The van der Waals surface area contributed by atoms with Crippen LogP contribution in [0.25, 0.3) is 0 Å². The Morgan fingerprint density at radius 1 is 1.33 bits per heavy atom. The fourth-order valence-electron chi connectivity index (χ4n) is 3.00. The van der Waals surface area contributed by atoms with Crippen LogP contribution in [0.1, 0.15) is 29.6 Å². The SMILES string of the molecule is COc1c(N)cccc1C(=O)N(C)CC1(N(C)C)CCC1. The molecule has 0 unspecified atom stereocenters. The van der Waals surface area contributed by atoms with E-state index in [9.17, 15) is 4.79 Å². The molecule has 1 saturated carbocycles. The average molecular weight is 291 g/mol. The fourth-order valence-corrected chi connectivity index (χ4v) is 3.00. The molecule has 0 atom stereocenters. The van der Waals surface area contributed by atoms with Crippen LogP contribution in [0, 0.1) is 0 Å². The van der Waals surface area contributed by atoms with Crippen molar-refractivity contribution in [2.24, 2.45) is 0 Å². The number of likely N-dealkylation sites (N-methyl/N-ethyl adjacent to an activating group) is 2. The minimum absolute atomic E-state index is 0.0488. The number of ether oxygens (including phenoxy) is 1. The number of methoxy groups -OCH3 is 1. The predicted molar refractivity (Wildman–Crippen MR) is 84.6 cm³/mol. The van der Waals surface area contributed by atoms with Crippen LogP contribution in [0.5, 0.6) is 5.75 Å². The monoisotopic (exact) mass is 291 g/mol. The summed E-state index contributed by atoms with van der Waals surface area (Å²) in [5.41, 5.74) is 7.00. The van der Waals surface area contributed by atoms with E-state index < -0.39 is 0 Å². The van der Waals surface area contributed by atoms with Gasteiger partial charge in [-0.3, -0.25) is 4.79 Å². The van der Waals surface area contributed by atoms with Crippen molar-refractivity contribution in [1.29, 1.82) is 0 Å². The summed E-state index contributed by atoms with van der Waals surface area (Å²) in [6.45, 7) is 0.719. The molecule has 0 heterocycles. The van der Waals surface area contributed by atoms with Crippen molar-refractivity contribution in [3.63, 3.8) is 0 Å². The Labute approximate surface area is 126 Å². The van der Waals surface area contributed by atoms with E-state index >= 15 is 0 Å². The van der Waals surface area contributed by atoms with Gasteiger partial charge < -0.3 is 20.3 Å². The molecule has 21 heavy (non-hydrogen) atoms. The molecule has 5 heteroatoms. The quantitative estimate of drug-likeness (QED) is 0.841. The Balaban J connectivity index is 2.18. The van der Waals surface area contributed by atoms with Crippen molar-refractivity contribution in [3.8, 4) is 5.75 Å². The lowest BCUT2D eigenvalue weighted by Crippen LogP contribution is -2.57. The van der Waals surface area contributed by atoms with Gasteiger partial charge in [0.05, 0.1) is 18.4 Å². The van der Waals surface area contributed by atoms with Crippen LogP contribution in [0.3, 0.4) is 0 Å². The average Bonchev–Trinajstić information content (AvgIpc) is 2.41. The molecule has 1 amide bonds. The fraction of sp³-hybridized carbons (Fsp3) is 0.562. The minimum atomic E-state index is -0.0488. The van der Waals surface area contributed by atoms with Gasteiger partial charge >= 0.3 is 0 Å². The first-order chi connectivity index (χ1) is 9.91. The van der Waals surface area contributed by atoms with Crippen molar-refractivity contribution in [2.45, 2.75) is 24.8 Å². The molecule has 1 aliphatic rings. The van der Waals surface area contributed by atoms with E-state index in [1.165, 1.54) is 13.5 Å². The first kappa shape index (κ1) is 15.6. The van der Waals surface area contributed by atoms with Crippen molar-refractivity contribution in [3.05, 3.63) is 23.8 Å². The molecule has 1 fully saturated rings. The Hall–Kier alpha value is -1.75. The second-order valence-electron chi connectivity index (χ2n) is 6.06. The zero-order valence-electron chi connectivity index (χ0n) is 13.3. The summed E-state index contributed by atoms with van der Waals surface area (Å²) in [6, 6.07) is 5.28. The second kappa shape index (κ2) is 5.93. The molecular formula is C16H25N3O2. The number of carbonyl (C=O) groups excluding carboxylic acids is 1. The Morgan fingerprint density at radius 3 is 2.48 bits per heavy atom. The summed E-state index contributed by atoms with van der Waals surface area (Å²) in [6.07, 6.45) is 3.49. The third-order valence-corrected chi connectivity index (χ3v) is 4.59. The maximum absolute atomic E-state index is 12.7. The lowest BCUT2D eigenvalue weighted by molar-refractivity contribution is 0.0251. The van der Waals surface area contributed by atoms with Gasteiger partial charge in [0.25, 0.3) is 5.91 Å². The van der Waals surface area contributed by atoms with Crippen molar-refractivity contribution in [2.75, 3.05) is 40.5 Å². The van der Waals surface area contributed by atoms with Gasteiger partial charge in [0, 0.05) is 19.1 Å². The Morgan fingerprint density at radius 2 is 2.00 bits per heavy atom. The maximum atomic E-state index is 12.7. The number of benzene rings is 1. The van der Waals surface area contributed by atoms with Gasteiger partial charge in [-0.1, -0.05) is 6.07 Å². The number of anilines is 1. The smallest absolute Gasteiger partial charge is 0.257 e. The van der Waals surface area contributed by atoms with Gasteiger partial charge in [0.1, 0.15) is 0 Å². The Kier molecular flexibility index (Phi) is 4.42. The third kappa shape index (κ3) is 2.83. The summed E-state index contributed by atoms with van der Waals surface area (Å²) in [4.78, 5) is 16.7. The van der Waals surface area contributed by atoms with Gasteiger partial charge in [0.15, 0.2) is 5.75 Å². The van der Waals surface area contributed by atoms with Crippen LogP contribution in [-0.2, 0) is 0 Å². The molecule has 5 nitrogen and oxygen atoms in total. The van der Waals surface area contributed by atoms with Crippen LogP contribution in [-0.4, -0.2) is 56.0 Å². The van der Waals surface area contributed by atoms with E-state index in [0.717, 1.165) is 19.4 Å². The largest absolute Gasteiger partial charge is 0.494 e. The molecule has 2 rings (SSSR count). The van der Waals surface area contributed by atoms with E-state index in [-0.39, 0.29) is 11.4 Å². The van der Waals surface area contributed by atoms with E-state index in [1.54, 1.807) is 23.1 Å². The number of carbonyl (C=O) groups is 1. The van der Waals surface area contributed by atoms with Gasteiger partial charge in [-0.15, -0.1) is 0 Å². The molecule has 1 aromatic rings. The Bertz CT molecular complexity index is 524. The van der Waals surface area contributed by atoms with Crippen LogP contribution in [0.4, 0.5) is 5.69 Å². The standard InChI is InChI=1S/C16H25N3O2/c1-18(2)16(9-6-10-16)11-19(3)15(20)12-7-5-8-13(17)14(12)21-4/h5,7-8H,6,9-11,17H2,1-4H3. The summed E-state index contributed by atoms with van der Waals surface area (Å²) in [7, 11) is 7.54. The van der Waals surface area contributed by atoms with Crippen LogP contribution in [0.15, 0.2) is 18.2 Å². The van der Waals surface area contributed by atoms with Gasteiger partial charge in [-0.2, -0.15) is 0 Å². The number of nitrogens with zero attached hydrogens (tertiary/aromatic N) is 2. The number of para-hydroxylation sites is 1. The minimum Gasteiger partial charge on any atom is -0.494 e. The highest BCUT2D eigenvalue weighted by Crippen LogP contribution is 2.37. The summed E-state index contributed by atoms with van der Waals surface area (Å²) in [5, 5.41) is 0. The van der Waals surface area contributed by atoms with Gasteiger partial charge in [-0.25, -0.2) is 0 Å². The molecular weight excluding hydrogens is 266 g/mol. The number of hydrogen-bond donors (Lipinski definition) is 1. The molecule has 0 spiro atoms. The molecule has 0 aliphatic heterocycles. The summed E-state index contributed by atoms with van der Waals surface area (Å²) < 4.78 is 5.28. The number of amides is 1. The molecule has 116 valence electrons. The number of nitrogen functional groups attached to an aromatic ring is 1. The normalized spacial score (nSPS) is 16.4. The van der Waals surface area contributed by atoms with Crippen molar-refractivity contribution >= 4 is 11.6 Å². The van der Waals surface area contributed by atoms with Crippen LogP contribution >= 0.6 is 0 Å². The number of nitrogens with two attached hydrogens (primary N) is 1. The molecule has 0 aromatic heterocycles. The highest BCUT2D eigenvalue weighted by molar-refractivity contribution is 5.98. The van der Waals surface area contributed by atoms with E-state index in [2.05, 4.69) is 19.0 Å². The highest BCUT2D eigenvalue weighted by atomic mass is 16.5. The lowest BCUT2D eigenvalue weighted by atomic mass is 9.75. The van der Waals surface area contributed by atoms with E-state index in [4.69, 9.17) is 10.5 Å². The molecule has 0 radical (unpaired) electrons. The molecule has 0 bridgehead atoms. The lowest BCUT2D eigenvalue weighted by Gasteiger charge is -2.49. The number of hydrogen-bond acceptors (Lipinski definition) is 4. The molecule has 0 saturated heterocycles. The van der Waals surface area contributed by atoms with Crippen molar-refractivity contribution < 1.29 is 9.53 Å². The molecule has 1 aliphatic carbocycles. The van der Waals surface area contributed by atoms with Gasteiger partial charge in [0.2, 0.25) is 0 Å². The number of rotatable bonds is 5. The zero-order valence-corrected chi connectivity index (χ0v) is 13.3.